The maximum atomic E-state index is 12.9. The predicted octanol–water partition coefficient (Wildman–Crippen LogP) is 23.1. The summed E-state index contributed by atoms with van der Waals surface area (Å²) in [6.45, 7) is 6.38. The summed E-state index contributed by atoms with van der Waals surface area (Å²) in [5.74, 6) is -0.948. The first-order valence-electron chi connectivity index (χ1n) is 33.3. The molecular formula is C75H122O6. The molecule has 0 aromatic heterocycles. The number of hydrogen-bond donors (Lipinski definition) is 0. The number of carbonyl (C=O) groups is 3. The van der Waals surface area contributed by atoms with E-state index in [4.69, 9.17) is 14.2 Å². The number of carbonyl (C=O) groups excluding carboxylic acids is 3. The van der Waals surface area contributed by atoms with Gasteiger partial charge >= 0.3 is 17.9 Å². The molecule has 81 heavy (non-hydrogen) atoms. The van der Waals surface area contributed by atoms with E-state index in [0.29, 0.717) is 19.3 Å². The molecular weight excluding hydrogens is 997 g/mol. The molecule has 6 nitrogen and oxygen atoms in total. The largest absolute Gasteiger partial charge is 0.462 e. The van der Waals surface area contributed by atoms with Gasteiger partial charge in [0.25, 0.3) is 0 Å². The van der Waals surface area contributed by atoms with Crippen LogP contribution in [0.15, 0.2) is 146 Å². The van der Waals surface area contributed by atoms with Crippen molar-refractivity contribution in [3.8, 4) is 0 Å². The van der Waals surface area contributed by atoms with Gasteiger partial charge in [-0.15, -0.1) is 0 Å². The zero-order valence-corrected chi connectivity index (χ0v) is 52.5. The molecule has 0 saturated carbocycles. The van der Waals surface area contributed by atoms with Crippen LogP contribution >= 0.6 is 0 Å². The van der Waals surface area contributed by atoms with Crippen molar-refractivity contribution in [1.82, 2.24) is 0 Å². The van der Waals surface area contributed by atoms with Crippen LogP contribution in [0.25, 0.3) is 0 Å². The molecule has 1 unspecified atom stereocenters. The van der Waals surface area contributed by atoms with Crippen LogP contribution in [0.1, 0.15) is 290 Å². The summed E-state index contributed by atoms with van der Waals surface area (Å²) in [6, 6.07) is 0. The van der Waals surface area contributed by atoms with Crippen molar-refractivity contribution in [3.63, 3.8) is 0 Å². The fourth-order valence-corrected chi connectivity index (χ4v) is 8.88. The Hall–Kier alpha value is -4.71. The van der Waals surface area contributed by atoms with Crippen LogP contribution < -0.4 is 0 Å². The quantitative estimate of drug-likeness (QED) is 0.0261. The molecule has 0 spiro atoms. The van der Waals surface area contributed by atoms with Crippen molar-refractivity contribution < 1.29 is 28.6 Å². The Kier molecular flexibility index (Phi) is 63.9. The molecule has 0 N–H and O–H groups in total. The minimum absolute atomic E-state index is 0.100. The van der Waals surface area contributed by atoms with Crippen LogP contribution in [0.3, 0.4) is 0 Å². The van der Waals surface area contributed by atoms with Gasteiger partial charge in [-0.1, -0.05) is 276 Å². The monoisotopic (exact) mass is 1120 g/mol. The maximum Gasteiger partial charge on any atom is 0.306 e. The van der Waals surface area contributed by atoms with Crippen molar-refractivity contribution in [2.75, 3.05) is 13.2 Å². The summed E-state index contributed by atoms with van der Waals surface area (Å²) in [7, 11) is 0. The summed E-state index contributed by atoms with van der Waals surface area (Å²) < 4.78 is 16.9. The third-order valence-corrected chi connectivity index (χ3v) is 13.8. The minimum Gasteiger partial charge on any atom is -0.462 e. The average Bonchev–Trinajstić information content (AvgIpc) is 3.47. The topological polar surface area (TPSA) is 78.9 Å². The standard InChI is InChI=1S/C75H122O6/c1-4-7-10-13-16-19-22-25-28-31-34-35-36-37-38-39-42-44-47-50-53-56-59-62-65-68-74(77)80-71-72(81-75(78)69-66-63-60-57-54-51-48-45-41-33-30-27-24-21-18-15-12-9-6-3)70-79-73(76)67-64-61-58-55-52-49-46-43-40-32-29-26-23-20-17-14-11-8-5-2/h7,9-10,12,16,18-19,21,25-30,34-35,37-38,41-42,44-45,50,53,72H,4-6,8,11,13-15,17,20,22-24,31-33,36,39-40,43,46-49,51-52,54-71H2,1-3H3/b10-7-,12-9-,19-16-,21-18-,28-25-,29-26-,30-27-,35-34-,38-37-,44-42-,45-41-,53-50-. The van der Waals surface area contributed by atoms with Crippen LogP contribution in [-0.2, 0) is 28.6 Å². The fourth-order valence-electron chi connectivity index (χ4n) is 8.88. The normalized spacial score (nSPS) is 13.1. The first kappa shape index (κ1) is 76.3. The Balaban J connectivity index is 4.50. The van der Waals surface area contributed by atoms with E-state index >= 15 is 0 Å². The Bertz CT molecular complexity index is 1760. The van der Waals surface area contributed by atoms with Crippen molar-refractivity contribution in [2.45, 2.75) is 297 Å². The van der Waals surface area contributed by atoms with E-state index in [-0.39, 0.29) is 31.1 Å². The number of esters is 3. The van der Waals surface area contributed by atoms with Crippen LogP contribution in [0.5, 0.6) is 0 Å². The Morgan fingerprint density at radius 2 is 0.481 bits per heavy atom. The number of unbranched alkanes of at least 4 members (excludes halogenated alkanes) is 24. The number of hydrogen-bond acceptors (Lipinski definition) is 6. The van der Waals surface area contributed by atoms with Crippen molar-refractivity contribution in [1.29, 1.82) is 0 Å². The number of allylic oxidation sites excluding steroid dienone is 24. The molecule has 1 atom stereocenters. The molecule has 458 valence electrons. The SMILES string of the molecule is CC/C=C\C/C=C\C/C=C\C/C=C\C/C=C\C/C=C\C/C=C\CCCCCC(=O)OCC(COC(=O)CCCCCCCCCCC/C=C\CCCCCCCC)OC(=O)CCCCCCCC/C=C\C/C=C\C/C=C\C/C=C\CC. The molecule has 0 saturated heterocycles. The fraction of sp³-hybridized carbons (Fsp3) is 0.640. The van der Waals surface area contributed by atoms with Gasteiger partial charge in [0.15, 0.2) is 6.10 Å². The van der Waals surface area contributed by atoms with E-state index in [1.807, 2.05) is 0 Å². The molecule has 6 heteroatoms. The molecule has 0 rings (SSSR count). The summed E-state index contributed by atoms with van der Waals surface area (Å²) >= 11 is 0. The van der Waals surface area contributed by atoms with Gasteiger partial charge in [0, 0.05) is 19.3 Å². The van der Waals surface area contributed by atoms with E-state index in [2.05, 4.69) is 167 Å². The van der Waals surface area contributed by atoms with Gasteiger partial charge in [0.05, 0.1) is 0 Å². The van der Waals surface area contributed by atoms with Crippen molar-refractivity contribution in [3.05, 3.63) is 146 Å². The van der Waals surface area contributed by atoms with Gasteiger partial charge in [0.1, 0.15) is 13.2 Å². The van der Waals surface area contributed by atoms with Gasteiger partial charge < -0.3 is 14.2 Å². The van der Waals surface area contributed by atoms with Gasteiger partial charge in [-0.3, -0.25) is 14.4 Å². The zero-order valence-electron chi connectivity index (χ0n) is 52.5. The molecule has 0 aliphatic heterocycles. The number of rotatable bonds is 59. The van der Waals surface area contributed by atoms with Crippen LogP contribution in [-0.4, -0.2) is 37.2 Å². The lowest BCUT2D eigenvalue weighted by molar-refractivity contribution is -0.167. The van der Waals surface area contributed by atoms with Gasteiger partial charge in [0.2, 0.25) is 0 Å². The first-order valence-corrected chi connectivity index (χ1v) is 33.3. The lowest BCUT2D eigenvalue weighted by Gasteiger charge is -2.18. The van der Waals surface area contributed by atoms with E-state index in [1.165, 1.54) is 103 Å². The summed E-state index contributed by atoms with van der Waals surface area (Å²) in [5, 5.41) is 0. The average molecular weight is 1120 g/mol. The highest BCUT2D eigenvalue weighted by Crippen LogP contribution is 2.15. The molecule has 0 aliphatic carbocycles. The Morgan fingerprint density at radius 1 is 0.259 bits per heavy atom. The maximum absolute atomic E-state index is 12.9. The second-order valence-corrected chi connectivity index (χ2v) is 21.6. The highest BCUT2D eigenvalue weighted by atomic mass is 16.6. The summed E-state index contributed by atoms with van der Waals surface area (Å²) in [6.07, 6.45) is 97.0. The third-order valence-electron chi connectivity index (χ3n) is 13.8. The highest BCUT2D eigenvalue weighted by Gasteiger charge is 2.19. The second kappa shape index (κ2) is 67.8. The Morgan fingerprint density at radius 3 is 0.778 bits per heavy atom. The predicted molar refractivity (Wildman–Crippen MR) is 352 cm³/mol. The van der Waals surface area contributed by atoms with E-state index in [9.17, 15) is 14.4 Å². The number of ether oxygens (including phenoxy) is 3. The van der Waals surface area contributed by atoms with Crippen molar-refractivity contribution in [2.24, 2.45) is 0 Å². The van der Waals surface area contributed by atoms with E-state index < -0.39 is 6.10 Å². The van der Waals surface area contributed by atoms with Crippen LogP contribution in [0.4, 0.5) is 0 Å². The van der Waals surface area contributed by atoms with Crippen molar-refractivity contribution >= 4 is 17.9 Å². The van der Waals surface area contributed by atoms with Crippen LogP contribution in [0, 0.1) is 0 Å². The molecule has 0 radical (unpaired) electrons. The zero-order chi connectivity index (χ0) is 58.5. The lowest BCUT2D eigenvalue weighted by Crippen LogP contribution is -2.30. The molecule has 0 fully saturated rings. The summed E-state index contributed by atoms with van der Waals surface area (Å²) in [5.41, 5.74) is 0. The van der Waals surface area contributed by atoms with E-state index in [0.717, 1.165) is 148 Å². The van der Waals surface area contributed by atoms with Gasteiger partial charge in [-0.05, 0) is 141 Å². The second-order valence-electron chi connectivity index (χ2n) is 21.6. The Labute approximate surface area is 499 Å². The highest BCUT2D eigenvalue weighted by molar-refractivity contribution is 5.71. The molecule has 0 aromatic carbocycles. The first-order chi connectivity index (χ1) is 40.0. The molecule has 0 aromatic rings. The van der Waals surface area contributed by atoms with Gasteiger partial charge in [-0.25, -0.2) is 0 Å². The summed E-state index contributed by atoms with van der Waals surface area (Å²) in [4.78, 5) is 38.4. The molecule has 0 aliphatic rings. The third kappa shape index (κ3) is 66.0. The molecule has 0 amide bonds. The smallest absolute Gasteiger partial charge is 0.306 e. The van der Waals surface area contributed by atoms with E-state index in [1.54, 1.807) is 0 Å². The molecule has 0 heterocycles. The molecule has 0 bridgehead atoms. The lowest BCUT2D eigenvalue weighted by atomic mass is 10.1. The van der Waals surface area contributed by atoms with Gasteiger partial charge in [-0.2, -0.15) is 0 Å². The van der Waals surface area contributed by atoms with Crippen LogP contribution in [0.2, 0.25) is 0 Å². The minimum atomic E-state index is -0.809.